The molecule has 0 bridgehead atoms. The van der Waals surface area contributed by atoms with Gasteiger partial charge in [0.15, 0.2) is 5.82 Å². The highest BCUT2D eigenvalue weighted by Crippen LogP contribution is 2.38. The van der Waals surface area contributed by atoms with Crippen molar-refractivity contribution in [2.45, 2.75) is 44.6 Å². The van der Waals surface area contributed by atoms with Crippen LogP contribution >= 0.6 is 0 Å². The molecule has 2 aliphatic rings. The molecule has 0 spiro atoms. The van der Waals surface area contributed by atoms with Crippen molar-refractivity contribution in [3.63, 3.8) is 0 Å². The van der Waals surface area contributed by atoms with Gasteiger partial charge < -0.3 is 14.3 Å². The first-order chi connectivity index (χ1) is 15.1. The first kappa shape index (κ1) is 19.7. The van der Waals surface area contributed by atoms with E-state index in [9.17, 15) is 9.59 Å². The molecule has 2 amide bonds. The summed E-state index contributed by atoms with van der Waals surface area (Å²) in [6.45, 7) is 3.19. The van der Waals surface area contributed by atoms with Gasteiger partial charge in [0, 0.05) is 50.5 Å². The van der Waals surface area contributed by atoms with E-state index < -0.39 is 0 Å². The Morgan fingerprint density at radius 3 is 2.84 bits per heavy atom. The average molecular weight is 419 g/mol. The summed E-state index contributed by atoms with van der Waals surface area (Å²) in [6, 6.07) is 9.65. The number of rotatable bonds is 6. The predicted octanol–water partition coefficient (Wildman–Crippen LogP) is 2.80. The summed E-state index contributed by atoms with van der Waals surface area (Å²) < 4.78 is 5.32. The maximum atomic E-state index is 13.2. The minimum absolute atomic E-state index is 0.00602. The quantitative estimate of drug-likeness (QED) is 0.610. The third-order valence-corrected chi connectivity index (χ3v) is 6.16. The molecule has 3 aromatic rings. The summed E-state index contributed by atoms with van der Waals surface area (Å²) in [5, 5.41) is 5.90. The van der Waals surface area contributed by atoms with Gasteiger partial charge in [-0.15, -0.1) is 0 Å². The van der Waals surface area contributed by atoms with Crippen LogP contribution in [0.3, 0.4) is 0 Å². The van der Waals surface area contributed by atoms with Gasteiger partial charge in [-0.25, -0.2) is 0 Å². The molecule has 1 aliphatic carbocycles. The second-order valence-corrected chi connectivity index (χ2v) is 8.36. The van der Waals surface area contributed by atoms with Crippen molar-refractivity contribution in [1.82, 2.24) is 24.9 Å². The summed E-state index contributed by atoms with van der Waals surface area (Å²) in [5.41, 5.74) is 0.465. The molecule has 1 atom stereocenters. The van der Waals surface area contributed by atoms with Crippen molar-refractivity contribution in [2.75, 3.05) is 19.6 Å². The molecule has 0 N–H and O–H groups in total. The Kier molecular flexibility index (Phi) is 5.13. The van der Waals surface area contributed by atoms with Gasteiger partial charge in [0.1, 0.15) is 5.69 Å². The number of amides is 2. The zero-order valence-electron chi connectivity index (χ0n) is 17.5. The van der Waals surface area contributed by atoms with Crippen molar-refractivity contribution >= 4 is 22.6 Å². The van der Waals surface area contributed by atoms with Gasteiger partial charge in [-0.3, -0.25) is 14.6 Å². The number of likely N-dealkylation sites (tertiary alicyclic amines) is 1. The summed E-state index contributed by atoms with van der Waals surface area (Å²) in [5.74, 6) is 1.68. The molecule has 1 aromatic carbocycles. The van der Waals surface area contributed by atoms with Gasteiger partial charge in [0.25, 0.3) is 5.91 Å². The minimum Gasteiger partial charge on any atom is -0.339 e. The lowest BCUT2D eigenvalue weighted by Crippen LogP contribution is -2.42. The lowest BCUT2D eigenvalue weighted by Gasteiger charge is -2.27. The molecular weight excluding hydrogens is 394 g/mol. The number of benzene rings is 1. The van der Waals surface area contributed by atoms with E-state index in [0.717, 1.165) is 30.0 Å². The van der Waals surface area contributed by atoms with Crippen LogP contribution in [0, 0.1) is 0 Å². The predicted molar refractivity (Wildman–Crippen MR) is 113 cm³/mol. The van der Waals surface area contributed by atoms with Gasteiger partial charge in [-0.1, -0.05) is 29.4 Å². The highest BCUT2D eigenvalue weighted by molar-refractivity contribution is 6.05. The molecule has 8 nitrogen and oxygen atoms in total. The first-order valence-corrected chi connectivity index (χ1v) is 10.8. The number of hydrogen-bond acceptors (Lipinski definition) is 6. The van der Waals surface area contributed by atoms with Crippen LogP contribution in [0.4, 0.5) is 0 Å². The van der Waals surface area contributed by atoms with E-state index in [2.05, 4.69) is 15.1 Å². The van der Waals surface area contributed by atoms with Crippen molar-refractivity contribution in [3.8, 4) is 0 Å². The molecule has 3 heterocycles. The number of aromatic nitrogens is 3. The third kappa shape index (κ3) is 4.02. The van der Waals surface area contributed by atoms with Gasteiger partial charge >= 0.3 is 0 Å². The molecule has 1 unspecified atom stereocenters. The zero-order valence-corrected chi connectivity index (χ0v) is 17.5. The lowest BCUT2D eigenvalue weighted by atomic mass is 10.1. The molecule has 8 heteroatoms. The third-order valence-electron chi connectivity index (χ3n) is 6.16. The Hall–Kier alpha value is -3.29. The topological polar surface area (TPSA) is 92.4 Å². The van der Waals surface area contributed by atoms with E-state index in [-0.39, 0.29) is 17.9 Å². The molecule has 0 radical (unpaired) electrons. The Bertz CT molecular complexity index is 1120. The Morgan fingerprint density at radius 2 is 2.03 bits per heavy atom. The van der Waals surface area contributed by atoms with Crippen LogP contribution in [0.5, 0.6) is 0 Å². The maximum absolute atomic E-state index is 13.2. The molecular formula is C23H25N5O3. The van der Waals surface area contributed by atoms with Gasteiger partial charge in [-0.05, 0) is 30.7 Å². The second kappa shape index (κ2) is 8.09. The van der Waals surface area contributed by atoms with Crippen LogP contribution in [0.15, 0.2) is 41.1 Å². The maximum Gasteiger partial charge on any atom is 0.273 e. The Morgan fingerprint density at radius 1 is 1.19 bits per heavy atom. The number of carbonyl (C=O) groups excluding carboxylic acids is 2. The van der Waals surface area contributed by atoms with Crippen molar-refractivity contribution in [2.24, 2.45) is 0 Å². The van der Waals surface area contributed by atoms with Crippen LogP contribution in [-0.4, -0.2) is 62.4 Å². The molecule has 160 valence electrons. The fourth-order valence-electron chi connectivity index (χ4n) is 4.30. The number of pyridine rings is 1. The number of hydrogen-bond donors (Lipinski definition) is 0. The Labute approximate surface area is 180 Å². The van der Waals surface area contributed by atoms with Crippen molar-refractivity contribution < 1.29 is 14.1 Å². The van der Waals surface area contributed by atoms with Crippen LogP contribution < -0.4 is 0 Å². The van der Waals surface area contributed by atoms with Crippen LogP contribution in [0.2, 0.25) is 0 Å². The second-order valence-electron chi connectivity index (χ2n) is 8.36. The molecule has 2 fully saturated rings. The fraction of sp³-hybridized carbons (Fsp3) is 0.435. The van der Waals surface area contributed by atoms with E-state index in [1.807, 2.05) is 35.2 Å². The highest BCUT2D eigenvalue weighted by atomic mass is 16.5. The number of nitrogens with zero attached hydrogens (tertiary/aromatic N) is 5. The van der Waals surface area contributed by atoms with E-state index >= 15 is 0 Å². The van der Waals surface area contributed by atoms with E-state index in [4.69, 9.17) is 4.52 Å². The molecule has 5 rings (SSSR count). The van der Waals surface area contributed by atoms with Gasteiger partial charge in [0.05, 0.1) is 6.04 Å². The minimum atomic E-state index is -0.0879. The standard InChI is InChI=1S/C23H25N5O3/c1-15(29)28(13-10-20-25-22(31-26-20)17-6-7-17)18-9-12-27(14-18)23(30)21-19-5-3-2-4-16(19)8-11-24-21/h2-5,8,11,17-18H,6-7,9-10,12-14H2,1H3. The zero-order chi connectivity index (χ0) is 21.4. The molecule has 1 aliphatic heterocycles. The van der Waals surface area contributed by atoms with Gasteiger partial charge in [0.2, 0.25) is 11.8 Å². The number of fused-ring (bicyclic) bond motifs is 1. The summed E-state index contributed by atoms with van der Waals surface area (Å²) in [6.07, 6.45) is 5.18. The largest absolute Gasteiger partial charge is 0.339 e. The van der Waals surface area contributed by atoms with Crippen LogP contribution in [-0.2, 0) is 11.2 Å². The summed E-state index contributed by atoms with van der Waals surface area (Å²) >= 11 is 0. The van der Waals surface area contributed by atoms with Gasteiger partial charge in [-0.2, -0.15) is 4.98 Å². The average Bonchev–Trinajstić information content (AvgIpc) is 3.32. The first-order valence-electron chi connectivity index (χ1n) is 10.8. The lowest BCUT2D eigenvalue weighted by molar-refractivity contribution is -0.130. The van der Waals surface area contributed by atoms with E-state index in [0.29, 0.717) is 49.4 Å². The Balaban J connectivity index is 1.26. The van der Waals surface area contributed by atoms with E-state index in [1.165, 1.54) is 0 Å². The molecule has 31 heavy (non-hydrogen) atoms. The fourth-order valence-corrected chi connectivity index (χ4v) is 4.30. The van der Waals surface area contributed by atoms with E-state index in [1.54, 1.807) is 18.0 Å². The smallest absolute Gasteiger partial charge is 0.273 e. The van der Waals surface area contributed by atoms with Crippen LogP contribution in [0.25, 0.3) is 10.8 Å². The van der Waals surface area contributed by atoms with Crippen LogP contribution in [0.1, 0.15) is 54.3 Å². The molecule has 2 aromatic heterocycles. The number of carbonyl (C=O) groups is 2. The SMILES string of the molecule is CC(=O)N(CCc1noc(C2CC2)n1)C1CCN(C(=O)c2nccc3ccccc23)C1. The highest BCUT2D eigenvalue weighted by Gasteiger charge is 2.33. The van der Waals surface area contributed by atoms with Crippen molar-refractivity contribution in [3.05, 3.63) is 53.9 Å². The molecule has 1 saturated carbocycles. The summed E-state index contributed by atoms with van der Waals surface area (Å²) in [7, 11) is 0. The summed E-state index contributed by atoms with van der Waals surface area (Å²) in [4.78, 5) is 38.0. The molecule has 1 saturated heterocycles. The monoisotopic (exact) mass is 419 g/mol. The normalized spacial score (nSPS) is 18.5. The van der Waals surface area contributed by atoms with Crippen molar-refractivity contribution in [1.29, 1.82) is 0 Å².